The van der Waals surface area contributed by atoms with Gasteiger partial charge in [-0.05, 0) is 77.9 Å². The molecule has 0 N–H and O–H groups in total. The van der Waals surface area contributed by atoms with Gasteiger partial charge < -0.3 is 9.15 Å². The van der Waals surface area contributed by atoms with E-state index in [1.54, 1.807) is 17.0 Å². The van der Waals surface area contributed by atoms with Crippen molar-refractivity contribution in [2.45, 2.75) is 32.0 Å². The molecule has 1 fully saturated rings. The predicted octanol–water partition coefficient (Wildman–Crippen LogP) is 5.84. The zero-order valence-corrected chi connectivity index (χ0v) is 18.9. The number of benzene rings is 2. The number of hydrogen-bond donors (Lipinski definition) is 0. The van der Waals surface area contributed by atoms with E-state index >= 15 is 0 Å². The molecule has 7 heteroatoms. The quantitative estimate of drug-likeness (QED) is 0.429. The molecule has 0 spiro atoms. The van der Waals surface area contributed by atoms with Crippen LogP contribution in [0.4, 0.5) is 5.69 Å². The molecule has 30 heavy (non-hydrogen) atoms. The number of halogens is 1. The van der Waals surface area contributed by atoms with Crippen LogP contribution in [0.3, 0.4) is 0 Å². The number of carbonyl (C=O) groups excluding carboxylic acids is 1. The molecule has 1 amide bonds. The van der Waals surface area contributed by atoms with Crippen molar-refractivity contribution in [3.63, 3.8) is 0 Å². The number of carbonyl (C=O) groups is 1. The van der Waals surface area contributed by atoms with Crippen LogP contribution in [0.1, 0.15) is 41.1 Å². The molecule has 5 rings (SSSR count). The van der Waals surface area contributed by atoms with Crippen molar-refractivity contribution in [2.24, 2.45) is 0 Å². The topological polar surface area (TPSA) is 45.9 Å². The minimum absolute atomic E-state index is 0.237. The average molecular weight is 483 g/mol. The summed E-state index contributed by atoms with van der Waals surface area (Å²) in [6.45, 7) is 4.05. The first-order chi connectivity index (χ1) is 14.4. The number of rotatable bonds is 2. The number of anilines is 1. The Bertz CT molecular complexity index is 1180. The van der Waals surface area contributed by atoms with Crippen LogP contribution in [0.15, 0.2) is 69.8 Å². The molecule has 1 aromatic heterocycles. The molecular weight excluding hydrogens is 464 g/mol. The molecular formula is C23H19BrN2O3S. The average Bonchev–Trinajstić information content (AvgIpc) is 3.14. The van der Waals surface area contributed by atoms with Crippen LogP contribution >= 0.6 is 28.1 Å². The van der Waals surface area contributed by atoms with Gasteiger partial charge in [-0.25, -0.2) is 0 Å². The summed E-state index contributed by atoms with van der Waals surface area (Å²) in [6, 6.07) is 19.0. The van der Waals surface area contributed by atoms with Crippen molar-refractivity contribution in [3.8, 4) is 5.75 Å². The van der Waals surface area contributed by atoms with E-state index in [9.17, 15) is 4.79 Å². The third kappa shape index (κ3) is 2.96. The zero-order chi connectivity index (χ0) is 21.0. The van der Waals surface area contributed by atoms with Crippen LogP contribution in [-0.4, -0.2) is 21.6 Å². The summed E-state index contributed by atoms with van der Waals surface area (Å²) in [4.78, 5) is 17.1. The second-order valence-electron chi connectivity index (χ2n) is 7.77. The van der Waals surface area contributed by atoms with Gasteiger partial charge in [-0.3, -0.25) is 14.6 Å². The fourth-order valence-electron chi connectivity index (χ4n) is 4.33. The Balaban J connectivity index is 1.68. The maximum absolute atomic E-state index is 13.5. The molecule has 0 saturated carbocycles. The molecule has 1 saturated heterocycles. The van der Waals surface area contributed by atoms with Crippen LogP contribution < -0.4 is 9.64 Å². The number of aryl methyl sites for hydroxylation is 1. The highest BCUT2D eigenvalue weighted by Crippen LogP contribution is 2.49. The Morgan fingerprint density at radius 3 is 2.70 bits per heavy atom. The molecule has 152 valence electrons. The Hall–Kier alpha value is -2.64. The zero-order valence-electron chi connectivity index (χ0n) is 16.5. The number of ether oxygens (including phenoxy) is 1. The first kappa shape index (κ1) is 19.3. The Labute approximate surface area is 188 Å². The third-order valence-corrected chi connectivity index (χ3v) is 6.43. The number of hydrogen-bond acceptors (Lipinski definition) is 4. The van der Waals surface area contributed by atoms with Gasteiger partial charge in [0.1, 0.15) is 5.75 Å². The lowest BCUT2D eigenvalue weighted by Gasteiger charge is -2.55. The first-order valence-corrected chi connectivity index (χ1v) is 10.9. The highest BCUT2D eigenvalue weighted by Gasteiger charge is 2.53. The molecule has 2 aromatic carbocycles. The monoisotopic (exact) mass is 482 g/mol. The van der Waals surface area contributed by atoms with E-state index in [4.69, 9.17) is 21.4 Å². The standard InChI is InChI=1S/C23H19BrN2O3S/c1-14-6-5-7-15(12-14)26-22(30)25(21(27)19-10-11-20(24)28-19)17-13-23(26,2)29-18-9-4-3-8-16(17)18/h3-12,17H,13H2,1-2H3/t17-,23-/m0/s1. The van der Waals surface area contributed by atoms with E-state index in [2.05, 4.69) is 15.9 Å². The highest BCUT2D eigenvalue weighted by molar-refractivity contribution is 9.10. The van der Waals surface area contributed by atoms with E-state index in [0.29, 0.717) is 16.2 Å². The number of nitrogens with zero attached hydrogens (tertiary/aromatic N) is 2. The van der Waals surface area contributed by atoms with Crippen molar-refractivity contribution in [1.29, 1.82) is 0 Å². The van der Waals surface area contributed by atoms with Gasteiger partial charge in [-0.2, -0.15) is 0 Å². The summed E-state index contributed by atoms with van der Waals surface area (Å²) in [5, 5.41) is 0.395. The maximum Gasteiger partial charge on any atom is 0.296 e. The van der Waals surface area contributed by atoms with Gasteiger partial charge in [0.05, 0.1) is 6.04 Å². The maximum atomic E-state index is 13.5. The smallest absolute Gasteiger partial charge is 0.296 e. The third-order valence-electron chi connectivity index (χ3n) is 5.62. The number of furan rings is 1. The van der Waals surface area contributed by atoms with E-state index in [1.165, 1.54) is 0 Å². The minimum Gasteiger partial charge on any atom is -0.467 e. The minimum atomic E-state index is -0.718. The number of para-hydroxylation sites is 1. The lowest BCUT2D eigenvalue weighted by Crippen LogP contribution is -2.67. The van der Waals surface area contributed by atoms with Gasteiger partial charge in [0.2, 0.25) is 0 Å². The van der Waals surface area contributed by atoms with Gasteiger partial charge >= 0.3 is 0 Å². The van der Waals surface area contributed by atoms with Crippen molar-refractivity contribution >= 4 is 44.9 Å². The van der Waals surface area contributed by atoms with Crippen molar-refractivity contribution in [1.82, 2.24) is 4.90 Å². The Kier molecular flexibility index (Phi) is 4.48. The van der Waals surface area contributed by atoms with E-state index in [0.717, 1.165) is 22.6 Å². The summed E-state index contributed by atoms with van der Waals surface area (Å²) in [5.74, 6) is 0.725. The fourth-order valence-corrected chi connectivity index (χ4v) is 5.15. The summed E-state index contributed by atoms with van der Waals surface area (Å²) in [6.07, 6.45) is 0.575. The Morgan fingerprint density at radius 2 is 1.97 bits per heavy atom. The van der Waals surface area contributed by atoms with Crippen LogP contribution in [0.2, 0.25) is 0 Å². The largest absolute Gasteiger partial charge is 0.467 e. The predicted molar refractivity (Wildman–Crippen MR) is 122 cm³/mol. The van der Waals surface area contributed by atoms with Gasteiger partial charge in [0.15, 0.2) is 21.3 Å². The van der Waals surface area contributed by atoms with Gasteiger partial charge in [-0.15, -0.1) is 0 Å². The Morgan fingerprint density at radius 1 is 1.17 bits per heavy atom. The van der Waals surface area contributed by atoms with Gasteiger partial charge in [0.25, 0.3) is 5.91 Å². The van der Waals surface area contributed by atoms with Gasteiger partial charge in [-0.1, -0.05) is 30.3 Å². The number of thiocarbonyl (C=S) groups is 1. The lowest BCUT2D eigenvalue weighted by molar-refractivity contribution is 0.0173. The molecule has 3 aromatic rings. The summed E-state index contributed by atoms with van der Waals surface area (Å²) < 4.78 is 12.6. The molecule has 0 aliphatic carbocycles. The second kappa shape index (κ2) is 6.96. The molecule has 0 radical (unpaired) electrons. The van der Waals surface area contributed by atoms with Crippen LogP contribution in [-0.2, 0) is 0 Å². The van der Waals surface area contributed by atoms with Crippen molar-refractivity contribution in [3.05, 3.63) is 82.2 Å². The molecule has 0 unspecified atom stereocenters. The highest BCUT2D eigenvalue weighted by atomic mass is 79.9. The van der Waals surface area contributed by atoms with Gasteiger partial charge in [0, 0.05) is 17.7 Å². The number of fused-ring (bicyclic) bond motifs is 4. The summed E-state index contributed by atoms with van der Waals surface area (Å²) >= 11 is 9.19. The van der Waals surface area contributed by atoms with E-state index in [-0.39, 0.29) is 17.7 Å². The lowest BCUT2D eigenvalue weighted by atomic mass is 9.88. The second-order valence-corrected chi connectivity index (χ2v) is 8.92. The summed E-state index contributed by atoms with van der Waals surface area (Å²) in [5.41, 5.74) is 2.22. The molecule has 2 bridgehead atoms. The molecule has 2 aliphatic rings. The molecule has 3 heterocycles. The van der Waals surface area contributed by atoms with Crippen molar-refractivity contribution < 1.29 is 13.9 Å². The van der Waals surface area contributed by atoms with Crippen LogP contribution in [0, 0.1) is 6.92 Å². The van der Waals surface area contributed by atoms with Crippen LogP contribution in [0.25, 0.3) is 0 Å². The van der Waals surface area contributed by atoms with Crippen LogP contribution in [0.5, 0.6) is 5.75 Å². The fraction of sp³-hybridized carbons (Fsp3) is 0.217. The normalized spacial score (nSPS) is 22.5. The SMILES string of the molecule is Cc1cccc(N2C(=S)N(C(=O)c3ccc(Br)o3)[C@H]3C[C@]2(C)Oc2ccccc23)c1. The molecule has 2 atom stereocenters. The first-order valence-electron chi connectivity index (χ1n) is 9.65. The van der Waals surface area contributed by atoms with Crippen molar-refractivity contribution in [2.75, 3.05) is 4.90 Å². The van der Waals surface area contributed by atoms with E-state index < -0.39 is 5.72 Å². The molecule has 5 nitrogen and oxygen atoms in total. The van der Waals surface area contributed by atoms with E-state index in [1.807, 2.05) is 67.3 Å². The number of amides is 1. The summed E-state index contributed by atoms with van der Waals surface area (Å²) in [7, 11) is 0. The molecule has 2 aliphatic heterocycles.